The van der Waals surface area contributed by atoms with Gasteiger partial charge >= 0.3 is 5.97 Å². The summed E-state index contributed by atoms with van der Waals surface area (Å²) in [7, 11) is 0. The number of nitrogens with zero attached hydrogens (tertiary/aromatic N) is 1. The Balaban J connectivity index is 1.51. The van der Waals surface area contributed by atoms with Crippen LogP contribution >= 0.6 is 0 Å². The van der Waals surface area contributed by atoms with Crippen LogP contribution in [0.4, 0.5) is 0 Å². The summed E-state index contributed by atoms with van der Waals surface area (Å²) in [6.07, 6.45) is 2.02. The molecule has 0 unspecified atom stereocenters. The fourth-order valence-electron chi connectivity index (χ4n) is 2.99. The van der Waals surface area contributed by atoms with Gasteiger partial charge < -0.3 is 14.0 Å². The zero-order valence-electron chi connectivity index (χ0n) is 17.4. The summed E-state index contributed by atoms with van der Waals surface area (Å²) < 4.78 is 16.0. The van der Waals surface area contributed by atoms with Crippen LogP contribution in [0.3, 0.4) is 0 Å². The highest BCUT2D eigenvalue weighted by atomic mass is 16.5. The summed E-state index contributed by atoms with van der Waals surface area (Å²) in [6.45, 7) is 5.83. The van der Waals surface area contributed by atoms with Gasteiger partial charge in [0.05, 0.1) is 16.8 Å². The second-order valence-electron chi connectivity index (χ2n) is 7.06. The molecule has 156 valence electrons. The molecule has 0 fully saturated rings. The molecule has 0 aliphatic carbocycles. The lowest BCUT2D eigenvalue weighted by molar-refractivity contribution is 0.0474. The number of benzene rings is 2. The number of carbonyl (C=O) groups is 2. The molecule has 0 atom stereocenters. The van der Waals surface area contributed by atoms with E-state index in [1.165, 1.54) is 5.56 Å². The first-order valence-electron chi connectivity index (χ1n) is 9.91. The lowest BCUT2D eigenvalue weighted by atomic mass is 10.1. The van der Waals surface area contributed by atoms with Gasteiger partial charge in [0, 0.05) is 5.56 Å². The largest absolute Gasteiger partial charge is 0.489 e. The predicted octanol–water partition coefficient (Wildman–Crippen LogP) is 4.86. The summed E-state index contributed by atoms with van der Waals surface area (Å²) in [5.41, 5.74) is 3.76. The van der Waals surface area contributed by atoms with Crippen molar-refractivity contribution in [1.82, 2.24) is 5.16 Å². The SMILES string of the molecule is CCCc1ccc(C(=O)COC(=O)c2ccc(OCc3c(C)noc3C)cc2)cc1. The zero-order valence-corrected chi connectivity index (χ0v) is 17.4. The second-order valence-corrected chi connectivity index (χ2v) is 7.06. The minimum atomic E-state index is -0.553. The molecule has 0 aliphatic rings. The van der Waals surface area contributed by atoms with Crippen LogP contribution in [-0.4, -0.2) is 23.5 Å². The Hall–Kier alpha value is -3.41. The molecule has 0 amide bonds. The van der Waals surface area contributed by atoms with Gasteiger partial charge in [0.25, 0.3) is 0 Å². The topological polar surface area (TPSA) is 78.6 Å². The zero-order chi connectivity index (χ0) is 21.5. The maximum Gasteiger partial charge on any atom is 0.338 e. The first-order chi connectivity index (χ1) is 14.5. The summed E-state index contributed by atoms with van der Waals surface area (Å²) in [5.74, 6) is 0.543. The first-order valence-corrected chi connectivity index (χ1v) is 9.91. The quantitative estimate of drug-likeness (QED) is 0.372. The number of Topliss-reactive ketones (excluding diaryl/α,β-unsaturated/α-hetero) is 1. The number of esters is 1. The number of rotatable bonds is 9. The van der Waals surface area contributed by atoms with E-state index in [9.17, 15) is 9.59 Å². The number of aromatic nitrogens is 1. The van der Waals surface area contributed by atoms with E-state index in [0.717, 1.165) is 29.9 Å². The van der Waals surface area contributed by atoms with Crippen LogP contribution in [0.2, 0.25) is 0 Å². The van der Waals surface area contributed by atoms with Crippen molar-refractivity contribution in [3.8, 4) is 5.75 Å². The minimum Gasteiger partial charge on any atom is -0.489 e. The molecule has 6 heteroatoms. The Morgan fingerprint density at radius 3 is 2.23 bits per heavy atom. The van der Waals surface area contributed by atoms with Crippen molar-refractivity contribution in [3.05, 3.63) is 82.2 Å². The van der Waals surface area contributed by atoms with Gasteiger partial charge in [0.2, 0.25) is 0 Å². The number of carbonyl (C=O) groups excluding carboxylic acids is 2. The van der Waals surface area contributed by atoms with Crippen LogP contribution in [0.15, 0.2) is 53.1 Å². The normalized spacial score (nSPS) is 10.6. The maximum absolute atomic E-state index is 12.2. The van der Waals surface area contributed by atoms with Crippen LogP contribution in [0.5, 0.6) is 5.75 Å². The summed E-state index contributed by atoms with van der Waals surface area (Å²) >= 11 is 0. The Morgan fingerprint density at radius 1 is 0.967 bits per heavy atom. The van der Waals surface area contributed by atoms with E-state index in [1.54, 1.807) is 36.4 Å². The number of hydrogen-bond acceptors (Lipinski definition) is 6. The average molecular weight is 407 g/mol. The van der Waals surface area contributed by atoms with Crippen LogP contribution in [0, 0.1) is 13.8 Å². The molecule has 0 spiro atoms. The molecule has 1 aromatic heterocycles. The van der Waals surface area contributed by atoms with Gasteiger partial charge in [-0.3, -0.25) is 4.79 Å². The Morgan fingerprint density at radius 2 is 1.63 bits per heavy atom. The van der Waals surface area contributed by atoms with Crippen molar-refractivity contribution in [1.29, 1.82) is 0 Å². The van der Waals surface area contributed by atoms with Crippen molar-refractivity contribution in [2.45, 2.75) is 40.2 Å². The molecule has 30 heavy (non-hydrogen) atoms. The standard InChI is InChI=1S/C24H25NO5/c1-4-5-18-6-8-19(9-7-18)23(26)15-29-24(27)20-10-12-21(13-11-20)28-14-22-16(2)25-30-17(22)3/h6-13H,4-5,14-15H2,1-3H3. The molecule has 0 saturated heterocycles. The Bertz CT molecular complexity index is 984. The van der Waals surface area contributed by atoms with E-state index in [4.69, 9.17) is 14.0 Å². The van der Waals surface area contributed by atoms with E-state index in [1.807, 2.05) is 26.0 Å². The van der Waals surface area contributed by atoms with E-state index in [0.29, 0.717) is 23.5 Å². The Labute approximate surface area is 175 Å². The van der Waals surface area contributed by atoms with Crippen molar-refractivity contribution in [3.63, 3.8) is 0 Å². The molecule has 6 nitrogen and oxygen atoms in total. The van der Waals surface area contributed by atoms with Gasteiger partial charge in [0.1, 0.15) is 18.1 Å². The third kappa shape index (κ3) is 5.35. The lowest BCUT2D eigenvalue weighted by Crippen LogP contribution is -2.14. The van der Waals surface area contributed by atoms with Gasteiger partial charge in [-0.05, 0) is 50.1 Å². The highest BCUT2D eigenvalue weighted by Crippen LogP contribution is 2.18. The first kappa shape index (κ1) is 21.3. The number of ether oxygens (including phenoxy) is 2. The van der Waals surface area contributed by atoms with Gasteiger partial charge in [-0.15, -0.1) is 0 Å². The summed E-state index contributed by atoms with van der Waals surface area (Å²) in [4.78, 5) is 24.5. The van der Waals surface area contributed by atoms with E-state index >= 15 is 0 Å². The van der Waals surface area contributed by atoms with E-state index in [2.05, 4.69) is 12.1 Å². The van der Waals surface area contributed by atoms with Gasteiger partial charge in [-0.2, -0.15) is 0 Å². The van der Waals surface area contributed by atoms with Gasteiger partial charge in [-0.1, -0.05) is 42.8 Å². The molecular weight excluding hydrogens is 382 g/mol. The fourth-order valence-corrected chi connectivity index (χ4v) is 2.99. The van der Waals surface area contributed by atoms with Crippen LogP contribution in [0.1, 0.15) is 56.6 Å². The molecule has 0 bridgehead atoms. The molecule has 0 aliphatic heterocycles. The fraction of sp³-hybridized carbons (Fsp3) is 0.292. The van der Waals surface area contributed by atoms with E-state index < -0.39 is 5.97 Å². The molecule has 0 N–H and O–H groups in total. The molecule has 0 saturated carbocycles. The average Bonchev–Trinajstić information content (AvgIpc) is 3.08. The lowest BCUT2D eigenvalue weighted by Gasteiger charge is -2.08. The monoisotopic (exact) mass is 407 g/mol. The minimum absolute atomic E-state index is 0.231. The molecule has 3 rings (SSSR count). The second kappa shape index (κ2) is 9.87. The van der Waals surface area contributed by atoms with E-state index in [-0.39, 0.29) is 12.4 Å². The number of hydrogen-bond donors (Lipinski definition) is 0. The molecule has 3 aromatic rings. The predicted molar refractivity (Wildman–Crippen MR) is 112 cm³/mol. The summed E-state index contributed by atoms with van der Waals surface area (Å²) in [6, 6.07) is 14.0. The molecule has 2 aromatic carbocycles. The van der Waals surface area contributed by atoms with Crippen LogP contribution < -0.4 is 4.74 Å². The van der Waals surface area contributed by atoms with Crippen molar-refractivity contribution in [2.75, 3.05) is 6.61 Å². The summed E-state index contributed by atoms with van der Waals surface area (Å²) in [5, 5.41) is 3.89. The maximum atomic E-state index is 12.2. The van der Waals surface area contributed by atoms with Crippen LogP contribution in [-0.2, 0) is 17.8 Å². The van der Waals surface area contributed by atoms with Crippen molar-refractivity contribution < 1.29 is 23.6 Å². The smallest absolute Gasteiger partial charge is 0.338 e. The molecule has 1 heterocycles. The third-order valence-electron chi connectivity index (χ3n) is 4.80. The van der Waals surface area contributed by atoms with Crippen molar-refractivity contribution >= 4 is 11.8 Å². The highest BCUT2D eigenvalue weighted by Gasteiger charge is 2.13. The molecule has 0 radical (unpaired) electrons. The van der Waals surface area contributed by atoms with Gasteiger partial charge in [0.15, 0.2) is 12.4 Å². The highest BCUT2D eigenvalue weighted by molar-refractivity contribution is 5.99. The molecular formula is C24H25NO5. The number of aryl methyl sites for hydroxylation is 3. The van der Waals surface area contributed by atoms with Crippen LogP contribution in [0.25, 0.3) is 0 Å². The third-order valence-corrected chi connectivity index (χ3v) is 4.80. The van der Waals surface area contributed by atoms with Crippen molar-refractivity contribution in [2.24, 2.45) is 0 Å². The number of ketones is 1. The Kier molecular flexibility index (Phi) is 7.01. The van der Waals surface area contributed by atoms with Gasteiger partial charge in [-0.25, -0.2) is 4.79 Å².